The van der Waals surface area contributed by atoms with Crippen molar-refractivity contribution in [1.82, 2.24) is 10.4 Å². The molecular formula is C27H28N4O5S. The summed E-state index contributed by atoms with van der Waals surface area (Å²) < 4.78 is 22.4. The average Bonchev–Trinajstić information content (AvgIpc) is 2.91. The van der Waals surface area contributed by atoms with E-state index in [0.717, 1.165) is 11.1 Å². The van der Waals surface area contributed by atoms with Gasteiger partial charge >= 0.3 is 5.97 Å². The van der Waals surface area contributed by atoms with E-state index in [9.17, 15) is 4.79 Å². The summed E-state index contributed by atoms with van der Waals surface area (Å²) in [5.41, 5.74) is 5.25. The third kappa shape index (κ3) is 6.34. The Hall–Kier alpha value is -4.18. The van der Waals surface area contributed by atoms with Gasteiger partial charge in [0.05, 0.1) is 25.1 Å². The van der Waals surface area contributed by atoms with Crippen molar-refractivity contribution in [1.29, 1.82) is 0 Å². The van der Waals surface area contributed by atoms with Gasteiger partial charge in [-0.3, -0.25) is 10.4 Å². The highest BCUT2D eigenvalue weighted by molar-refractivity contribution is 7.80. The zero-order valence-electron chi connectivity index (χ0n) is 20.8. The maximum Gasteiger partial charge on any atom is 0.344 e. The van der Waals surface area contributed by atoms with Gasteiger partial charge in [-0.1, -0.05) is 18.2 Å². The minimum Gasteiger partial charge on any atom is -0.495 e. The van der Waals surface area contributed by atoms with E-state index in [1.54, 1.807) is 44.6 Å². The normalized spacial score (nSPS) is 17.2. The van der Waals surface area contributed by atoms with Crippen LogP contribution in [-0.2, 0) is 15.1 Å². The molecule has 0 fully saturated rings. The molecular weight excluding hydrogens is 492 g/mol. The largest absolute Gasteiger partial charge is 0.495 e. The molecule has 0 aliphatic carbocycles. The lowest BCUT2D eigenvalue weighted by Crippen LogP contribution is -2.38. The first-order valence-electron chi connectivity index (χ1n) is 11.7. The number of hydrogen-bond acceptors (Lipinski definition) is 8. The van der Waals surface area contributed by atoms with Crippen LogP contribution in [0.25, 0.3) is 0 Å². The van der Waals surface area contributed by atoms with Crippen LogP contribution < -0.4 is 25.0 Å². The Bertz CT molecular complexity index is 1300. The lowest BCUT2D eigenvalue weighted by molar-refractivity contribution is -0.145. The smallest absolute Gasteiger partial charge is 0.344 e. The molecule has 37 heavy (non-hydrogen) atoms. The standard InChI is InChI=1S/C27H28N4O5S/c1-4-34-25(32)17-35-19-11-12-23-20(14-19)22(15-27(2,36-23)18-8-7-13-28-16-18)30-31-26(37)29-21-9-5-6-10-24(21)33-3/h5-14,16H,4,15,17H2,1-3H3,(H2,29,31,37)/b30-22+. The number of carbonyl (C=O) groups excluding carboxylic acids is 1. The monoisotopic (exact) mass is 520 g/mol. The summed E-state index contributed by atoms with van der Waals surface area (Å²) >= 11 is 5.48. The lowest BCUT2D eigenvalue weighted by atomic mass is 9.86. The second-order valence-electron chi connectivity index (χ2n) is 8.33. The Morgan fingerprint density at radius 2 is 2.05 bits per heavy atom. The number of rotatable bonds is 8. The summed E-state index contributed by atoms with van der Waals surface area (Å²) in [6.45, 7) is 3.83. The van der Waals surface area contributed by atoms with E-state index in [4.69, 9.17) is 31.2 Å². The maximum atomic E-state index is 11.7. The number of esters is 1. The van der Waals surface area contributed by atoms with Gasteiger partial charge in [0.1, 0.15) is 22.8 Å². The number of hydrogen-bond donors (Lipinski definition) is 2. The van der Waals surface area contributed by atoms with Crippen molar-refractivity contribution >= 4 is 34.7 Å². The molecule has 1 aliphatic rings. The van der Waals surface area contributed by atoms with Crippen molar-refractivity contribution in [2.24, 2.45) is 5.10 Å². The molecule has 1 aromatic heterocycles. The van der Waals surface area contributed by atoms with Gasteiger partial charge in [0.15, 0.2) is 11.7 Å². The number of pyridine rings is 1. The SMILES string of the molecule is CCOC(=O)COc1ccc2c(c1)/C(=N/NC(=S)Nc1ccccc1OC)CC(C)(c1cccnc1)O2. The van der Waals surface area contributed by atoms with Crippen LogP contribution in [-0.4, -0.2) is 42.1 Å². The van der Waals surface area contributed by atoms with Gasteiger partial charge in [0, 0.05) is 29.9 Å². The molecule has 1 atom stereocenters. The molecule has 0 radical (unpaired) electrons. The average molecular weight is 521 g/mol. The molecule has 0 saturated carbocycles. The number of ether oxygens (including phenoxy) is 4. The van der Waals surface area contributed by atoms with Crippen LogP contribution >= 0.6 is 12.2 Å². The fraction of sp³-hybridized carbons (Fsp3) is 0.259. The van der Waals surface area contributed by atoms with Gasteiger partial charge in [-0.25, -0.2) is 4.79 Å². The molecule has 1 unspecified atom stereocenters. The van der Waals surface area contributed by atoms with E-state index < -0.39 is 11.6 Å². The van der Waals surface area contributed by atoms with Crippen LogP contribution in [0, 0.1) is 0 Å². The van der Waals surface area contributed by atoms with Gasteiger partial charge in [-0.05, 0) is 62.5 Å². The van der Waals surface area contributed by atoms with E-state index in [1.165, 1.54) is 0 Å². The zero-order valence-corrected chi connectivity index (χ0v) is 21.6. The predicted octanol–water partition coefficient (Wildman–Crippen LogP) is 4.42. The summed E-state index contributed by atoms with van der Waals surface area (Å²) in [7, 11) is 1.59. The van der Waals surface area contributed by atoms with Crippen LogP contribution in [0.5, 0.6) is 17.2 Å². The zero-order chi connectivity index (χ0) is 26.3. The fourth-order valence-corrected chi connectivity index (χ4v) is 4.06. The summed E-state index contributed by atoms with van der Waals surface area (Å²) in [5, 5.41) is 8.04. The Morgan fingerprint density at radius 3 is 2.81 bits per heavy atom. The Morgan fingerprint density at radius 1 is 1.22 bits per heavy atom. The van der Waals surface area contributed by atoms with Gasteiger partial charge in [0.25, 0.3) is 0 Å². The first-order valence-corrected chi connectivity index (χ1v) is 12.1. The minimum atomic E-state index is -0.715. The number of benzene rings is 2. The summed E-state index contributed by atoms with van der Waals surface area (Å²) in [6, 6.07) is 16.6. The van der Waals surface area contributed by atoms with Crippen molar-refractivity contribution in [2.45, 2.75) is 25.9 Å². The summed E-state index contributed by atoms with van der Waals surface area (Å²) in [6.07, 6.45) is 3.92. The highest BCUT2D eigenvalue weighted by atomic mass is 32.1. The van der Waals surface area contributed by atoms with Crippen LogP contribution in [0.2, 0.25) is 0 Å². The second kappa shape index (κ2) is 11.7. The number of thiocarbonyl (C=S) groups is 1. The number of aromatic nitrogens is 1. The van der Waals surface area contributed by atoms with E-state index >= 15 is 0 Å². The molecule has 4 rings (SSSR count). The van der Waals surface area contributed by atoms with E-state index in [0.29, 0.717) is 46.8 Å². The van der Waals surface area contributed by atoms with Gasteiger partial charge in [-0.2, -0.15) is 5.10 Å². The molecule has 2 heterocycles. The molecule has 3 aromatic rings. The molecule has 0 bridgehead atoms. The number of nitrogens with one attached hydrogen (secondary N) is 2. The molecule has 0 saturated heterocycles. The third-order valence-corrected chi connectivity index (χ3v) is 5.88. The molecule has 0 spiro atoms. The van der Waals surface area contributed by atoms with Crippen LogP contribution in [0.3, 0.4) is 0 Å². The predicted molar refractivity (Wildman–Crippen MR) is 144 cm³/mol. The van der Waals surface area contributed by atoms with Crippen LogP contribution in [0.1, 0.15) is 31.4 Å². The van der Waals surface area contributed by atoms with E-state index in [2.05, 4.69) is 20.8 Å². The Kier molecular flexibility index (Phi) is 8.19. The summed E-state index contributed by atoms with van der Waals surface area (Å²) in [4.78, 5) is 16.0. The van der Waals surface area contributed by atoms with Crippen molar-refractivity contribution in [3.8, 4) is 17.2 Å². The minimum absolute atomic E-state index is 0.196. The topological polar surface area (TPSA) is 103 Å². The van der Waals surface area contributed by atoms with Crippen molar-refractivity contribution in [2.75, 3.05) is 25.6 Å². The molecule has 9 nitrogen and oxygen atoms in total. The van der Waals surface area contributed by atoms with Crippen molar-refractivity contribution in [3.05, 3.63) is 78.1 Å². The van der Waals surface area contributed by atoms with Crippen LogP contribution in [0.4, 0.5) is 5.69 Å². The number of fused-ring (bicyclic) bond motifs is 1. The Balaban J connectivity index is 1.61. The van der Waals surface area contributed by atoms with Crippen molar-refractivity contribution in [3.63, 3.8) is 0 Å². The Labute approximate surface area is 220 Å². The molecule has 2 N–H and O–H groups in total. The number of carbonyl (C=O) groups is 1. The second-order valence-corrected chi connectivity index (χ2v) is 8.74. The summed E-state index contributed by atoms with van der Waals surface area (Å²) in [5.74, 6) is 1.32. The number of methoxy groups -OCH3 is 1. The number of nitrogens with zero attached hydrogens (tertiary/aromatic N) is 2. The molecule has 0 amide bonds. The van der Waals surface area contributed by atoms with Gasteiger partial charge in [-0.15, -0.1) is 0 Å². The number of hydrazone groups is 1. The maximum absolute atomic E-state index is 11.7. The van der Waals surface area contributed by atoms with Gasteiger partial charge in [0.2, 0.25) is 0 Å². The van der Waals surface area contributed by atoms with Crippen molar-refractivity contribution < 1.29 is 23.7 Å². The van der Waals surface area contributed by atoms with E-state index in [1.807, 2.05) is 43.3 Å². The first kappa shape index (κ1) is 25.9. The fourth-order valence-electron chi connectivity index (χ4n) is 3.90. The lowest BCUT2D eigenvalue weighted by Gasteiger charge is -2.36. The first-order chi connectivity index (χ1) is 17.9. The highest BCUT2D eigenvalue weighted by Gasteiger charge is 2.37. The molecule has 1 aliphatic heterocycles. The quantitative estimate of drug-likeness (QED) is 0.254. The highest BCUT2D eigenvalue weighted by Crippen LogP contribution is 2.40. The molecule has 10 heteroatoms. The molecule has 2 aromatic carbocycles. The number of para-hydroxylation sites is 2. The van der Waals surface area contributed by atoms with Gasteiger partial charge < -0.3 is 24.3 Å². The third-order valence-electron chi connectivity index (χ3n) is 5.68. The molecule has 192 valence electrons. The number of anilines is 1. The van der Waals surface area contributed by atoms with Crippen LogP contribution in [0.15, 0.2) is 72.1 Å². The van der Waals surface area contributed by atoms with E-state index in [-0.39, 0.29) is 6.61 Å².